The fourth-order valence-electron chi connectivity index (χ4n) is 1.79. The van der Waals surface area contributed by atoms with E-state index in [-0.39, 0.29) is 23.5 Å². The molecule has 0 radical (unpaired) electrons. The molecule has 0 aliphatic heterocycles. The molecular formula is C13H28N2O3. The van der Waals surface area contributed by atoms with Gasteiger partial charge >= 0.3 is 0 Å². The number of amides is 1. The summed E-state index contributed by atoms with van der Waals surface area (Å²) in [5.41, 5.74) is 6.09. The van der Waals surface area contributed by atoms with Gasteiger partial charge in [0.05, 0.1) is 12.7 Å². The molecule has 5 heteroatoms. The highest BCUT2D eigenvalue weighted by molar-refractivity contribution is 5.76. The van der Waals surface area contributed by atoms with Crippen molar-refractivity contribution in [1.82, 2.24) is 5.32 Å². The number of hydrogen-bond acceptors (Lipinski definition) is 4. The largest absolute Gasteiger partial charge is 0.382 e. The first-order valence-corrected chi connectivity index (χ1v) is 6.32. The molecule has 108 valence electrons. The summed E-state index contributed by atoms with van der Waals surface area (Å²) in [4.78, 5) is 11.7. The molecule has 1 amide bonds. The standard InChI is InChI=1S/C13H28N2O3/c1-13(2,3)7-10(14)6-12(16)15-8-11(18-5)9-17-4/h10-11H,6-9,14H2,1-5H3,(H,15,16). The number of rotatable bonds is 8. The quantitative estimate of drug-likeness (QED) is 0.680. The van der Waals surface area contributed by atoms with Gasteiger partial charge in [-0.05, 0) is 11.8 Å². The van der Waals surface area contributed by atoms with Gasteiger partial charge in [-0.2, -0.15) is 0 Å². The zero-order valence-corrected chi connectivity index (χ0v) is 12.3. The van der Waals surface area contributed by atoms with Crippen LogP contribution in [0.3, 0.4) is 0 Å². The molecule has 0 aromatic heterocycles. The summed E-state index contributed by atoms with van der Waals surface area (Å²) in [7, 11) is 3.20. The summed E-state index contributed by atoms with van der Waals surface area (Å²) in [5.74, 6) is -0.0371. The highest BCUT2D eigenvalue weighted by Crippen LogP contribution is 2.20. The van der Waals surface area contributed by atoms with Crippen LogP contribution in [0.2, 0.25) is 0 Å². The molecule has 0 aliphatic rings. The number of hydrogen-bond donors (Lipinski definition) is 2. The van der Waals surface area contributed by atoms with Crippen molar-refractivity contribution in [2.24, 2.45) is 11.1 Å². The molecule has 0 fully saturated rings. The van der Waals surface area contributed by atoms with Gasteiger partial charge in [-0.25, -0.2) is 0 Å². The second-order valence-corrected chi connectivity index (χ2v) is 5.85. The number of carbonyl (C=O) groups excluding carboxylic acids is 1. The van der Waals surface area contributed by atoms with Gasteiger partial charge in [-0.15, -0.1) is 0 Å². The minimum absolute atomic E-state index is 0.0371. The Morgan fingerprint density at radius 1 is 1.33 bits per heavy atom. The normalized spacial score (nSPS) is 15.2. The van der Waals surface area contributed by atoms with Crippen LogP contribution >= 0.6 is 0 Å². The minimum atomic E-state index is -0.113. The van der Waals surface area contributed by atoms with E-state index in [0.29, 0.717) is 19.6 Å². The predicted molar refractivity (Wildman–Crippen MR) is 72.3 cm³/mol. The molecule has 0 saturated carbocycles. The van der Waals surface area contributed by atoms with Crippen LogP contribution in [-0.4, -0.2) is 45.4 Å². The van der Waals surface area contributed by atoms with Gasteiger partial charge in [0.15, 0.2) is 0 Å². The summed E-state index contributed by atoms with van der Waals surface area (Å²) >= 11 is 0. The van der Waals surface area contributed by atoms with E-state index in [1.165, 1.54) is 0 Å². The molecule has 0 saturated heterocycles. The van der Waals surface area contributed by atoms with E-state index in [1.54, 1.807) is 14.2 Å². The van der Waals surface area contributed by atoms with E-state index in [0.717, 1.165) is 6.42 Å². The lowest BCUT2D eigenvalue weighted by Crippen LogP contribution is -2.39. The molecule has 0 bridgehead atoms. The van der Waals surface area contributed by atoms with E-state index in [9.17, 15) is 4.79 Å². The molecule has 0 aliphatic carbocycles. The number of ether oxygens (including phenoxy) is 2. The third kappa shape index (κ3) is 9.39. The number of carbonyl (C=O) groups is 1. The van der Waals surface area contributed by atoms with Gasteiger partial charge in [0.2, 0.25) is 5.91 Å². The van der Waals surface area contributed by atoms with E-state index >= 15 is 0 Å². The Balaban J connectivity index is 3.89. The summed E-state index contributed by atoms with van der Waals surface area (Å²) in [6, 6.07) is -0.103. The molecule has 2 unspecified atom stereocenters. The summed E-state index contributed by atoms with van der Waals surface area (Å²) < 4.78 is 10.1. The molecule has 0 spiro atoms. The van der Waals surface area contributed by atoms with Gasteiger partial charge in [0, 0.05) is 33.2 Å². The van der Waals surface area contributed by atoms with E-state index in [1.807, 2.05) is 0 Å². The Bertz CT molecular complexity index is 239. The molecule has 0 aromatic rings. The lowest BCUT2D eigenvalue weighted by atomic mass is 9.87. The van der Waals surface area contributed by atoms with Gasteiger partial charge in [0.25, 0.3) is 0 Å². The van der Waals surface area contributed by atoms with E-state index < -0.39 is 0 Å². The van der Waals surface area contributed by atoms with Crippen LogP contribution < -0.4 is 11.1 Å². The number of nitrogens with one attached hydrogen (secondary N) is 1. The van der Waals surface area contributed by atoms with Crippen molar-refractivity contribution in [2.45, 2.75) is 45.8 Å². The minimum Gasteiger partial charge on any atom is -0.382 e. The Morgan fingerprint density at radius 3 is 2.39 bits per heavy atom. The first kappa shape index (κ1) is 17.4. The molecular weight excluding hydrogens is 232 g/mol. The summed E-state index contributed by atoms with van der Waals surface area (Å²) in [6.45, 7) is 7.26. The van der Waals surface area contributed by atoms with Gasteiger partial charge < -0.3 is 20.5 Å². The lowest BCUT2D eigenvalue weighted by Gasteiger charge is -2.23. The first-order chi connectivity index (χ1) is 8.28. The molecule has 18 heavy (non-hydrogen) atoms. The first-order valence-electron chi connectivity index (χ1n) is 6.32. The second kappa shape index (κ2) is 8.45. The highest BCUT2D eigenvalue weighted by Gasteiger charge is 2.18. The Labute approximate surface area is 110 Å². The third-order valence-electron chi connectivity index (χ3n) is 2.53. The molecule has 0 heterocycles. The monoisotopic (exact) mass is 260 g/mol. The SMILES string of the molecule is COCC(CNC(=O)CC(N)CC(C)(C)C)OC. The molecule has 3 N–H and O–H groups in total. The smallest absolute Gasteiger partial charge is 0.221 e. The van der Waals surface area contributed by atoms with Gasteiger partial charge in [-0.3, -0.25) is 4.79 Å². The van der Waals surface area contributed by atoms with Crippen molar-refractivity contribution in [1.29, 1.82) is 0 Å². The molecule has 0 aromatic carbocycles. The zero-order valence-electron chi connectivity index (χ0n) is 12.3. The number of nitrogens with two attached hydrogens (primary N) is 1. The van der Waals surface area contributed by atoms with Gasteiger partial charge in [-0.1, -0.05) is 20.8 Å². The Hall–Kier alpha value is -0.650. The summed E-state index contributed by atoms with van der Waals surface area (Å²) in [6.07, 6.45) is 1.06. The van der Waals surface area contributed by atoms with Crippen molar-refractivity contribution in [3.05, 3.63) is 0 Å². The van der Waals surface area contributed by atoms with Crippen molar-refractivity contribution >= 4 is 5.91 Å². The fraction of sp³-hybridized carbons (Fsp3) is 0.923. The molecule has 0 rings (SSSR count). The maximum Gasteiger partial charge on any atom is 0.221 e. The van der Waals surface area contributed by atoms with Crippen molar-refractivity contribution in [2.75, 3.05) is 27.4 Å². The average Bonchev–Trinajstić information content (AvgIpc) is 2.21. The van der Waals surface area contributed by atoms with Crippen LogP contribution in [-0.2, 0) is 14.3 Å². The van der Waals surface area contributed by atoms with Crippen LogP contribution in [0.4, 0.5) is 0 Å². The van der Waals surface area contributed by atoms with Crippen molar-refractivity contribution < 1.29 is 14.3 Å². The molecule has 2 atom stereocenters. The maximum atomic E-state index is 11.7. The maximum absolute atomic E-state index is 11.7. The van der Waals surface area contributed by atoms with Crippen molar-refractivity contribution in [3.63, 3.8) is 0 Å². The number of methoxy groups -OCH3 is 2. The van der Waals surface area contributed by atoms with E-state index in [2.05, 4.69) is 26.1 Å². The Kier molecular flexibility index (Phi) is 8.15. The van der Waals surface area contributed by atoms with Crippen LogP contribution in [0.25, 0.3) is 0 Å². The lowest BCUT2D eigenvalue weighted by molar-refractivity contribution is -0.122. The topological polar surface area (TPSA) is 73.6 Å². The summed E-state index contributed by atoms with van der Waals surface area (Å²) in [5, 5.41) is 2.81. The average molecular weight is 260 g/mol. The van der Waals surface area contributed by atoms with Crippen LogP contribution in [0.1, 0.15) is 33.6 Å². The van der Waals surface area contributed by atoms with Crippen LogP contribution in [0, 0.1) is 5.41 Å². The van der Waals surface area contributed by atoms with Gasteiger partial charge in [0.1, 0.15) is 0 Å². The van der Waals surface area contributed by atoms with Crippen molar-refractivity contribution in [3.8, 4) is 0 Å². The van der Waals surface area contributed by atoms with E-state index in [4.69, 9.17) is 15.2 Å². The third-order valence-corrected chi connectivity index (χ3v) is 2.53. The Morgan fingerprint density at radius 2 is 1.94 bits per heavy atom. The fourth-order valence-corrected chi connectivity index (χ4v) is 1.79. The van der Waals surface area contributed by atoms with Crippen LogP contribution in [0.5, 0.6) is 0 Å². The molecule has 5 nitrogen and oxygen atoms in total. The predicted octanol–water partition coefficient (Wildman–Crippen LogP) is 0.918. The zero-order chi connectivity index (χ0) is 14.2. The highest BCUT2D eigenvalue weighted by atomic mass is 16.5. The van der Waals surface area contributed by atoms with Crippen LogP contribution in [0.15, 0.2) is 0 Å². The second-order valence-electron chi connectivity index (χ2n) is 5.85.